The molecule has 0 aromatic heterocycles. The van der Waals surface area contributed by atoms with Crippen LogP contribution < -0.4 is 10.1 Å². The number of benzene rings is 6. The Morgan fingerprint density at radius 3 is 1.96 bits per heavy atom. The summed E-state index contributed by atoms with van der Waals surface area (Å²) in [5, 5.41) is 7.96. The van der Waals surface area contributed by atoms with Crippen LogP contribution in [0.4, 0.5) is 5.69 Å². The Balaban J connectivity index is 1.59. The smallest absolute Gasteiger partial charge is 0.345 e. The van der Waals surface area contributed by atoms with Crippen molar-refractivity contribution in [1.82, 2.24) is 0 Å². The van der Waals surface area contributed by atoms with Gasteiger partial charge in [0.05, 0.1) is 26.9 Å². The van der Waals surface area contributed by atoms with Crippen LogP contribution in [0.5, 0.6) is 5.75 Å². The van der Waals surface area contributed by atoms with Crippen molar-refractivity contribution in [3.8, 4) is 5.75 Å². The SMILES string of the molecule is COC(=O)[C@](OCc1c2ccccc2cc2ccccc12)(c1ccccc1Br)[C@@H](Nc1ccc(OC)cc1)c1ccc(Br)cc1. The number of hydrogen-bond donors (Lipinski definition) is 1. The van der Waals surface area contributed by atoms with Crippen molar-refractivity contribution in [3.05, 3.63) is 153 Å². The lowest BCUT2D eigenvalue weighted by Gasteiger charge is -2.40. The molecule has 0 radical (unpaired) electrons. The first kappa shape index (κ1) is 30.8. The first-order valence-corrected chi connectivity index (χ1v) is 16.1. The van der Waals surface area contributed by atoms with Crippen LogP contribution in [0.2, 0.25) is 0 Å². The Kier molecular flexibility index (Phi) is 9.21. The molecule has 0 saturated heterocycles. The Morgan fingerprint density at radius 2 is 1.36 bits per heavy atom. The minimum Gasteiger partial charge on any atom is -0.497 e. The number of halogens is 2. The molecule has 45 heavy (non-hydrogen) atoms. The summed E-state index contributed by atoms with van der Waals surface area (Å²) >= 11 is 7.32. The highest BCUT2D eigenvalue weighted by Gasteiger charge is 2.52. The lowest BCUT2D eigenvalue weighted by atomic mass is 9.81. The van der Waals surface area contributed by atoms with E-state index in [4.69, 9.17) is 14.2 Å². The summed E-state index contributed by atoms with van der Waals surface area (Å²) in [5.74, 6) is 0.192. The molecular formula is C38H31Br2NO4. The Morgan fingerprint density at radius 1 is 0.756 bits per heavy atom. The van der Waals surface area contributed by atoms with E-state index in [0.717, 1.165) is 53.1 Å². The number of methoxy groups -OCH3 is 2. The van der Waals surface area contributed by atoms with Gasteiger partial charge >= 0.3 is 5.97 Å². The quantitative estimate of drug-likeness (QED) is 0.113. The van der Waals surface area contributed by atoms with Gasteiger partial charge in [-0.2, -0.15) is 0 Å². The normalized spacial score (nSPS) is 13.2. The zero-order valence-corrected chi connectivity index (χ0v) is 28.0. The van der Waals surface area contributed by atoms with Gasteiger partial charge in [0.25, 0.3) is 0 Å². The van der Waals surface area contributed by atoms with Crippen LogP contribution in [0.3, 0.4) is 0 Å². The second-order valence-corrected chi connectivity index (χ2v) is 12.4. The van der Waals surface area contributed by atoms with Crippen molar-refractivity contribution >= 4 is 65.1 Å². The van der Waals surface area contributed by atoms with Crippen LogP contribution in [-0.4, -0.2) is 20.2 Å². The van der Waals surface area contributed by atoms with Gasteiger partial charge in [-0.3, -0.25) is 0 Å². The molecule has 0 amide bonds. The lowest BCUT2D eigenvalue weighted by Crippen LogP contribution is -2.48. The van der Waals surface area contributed by atoms with E-state index in [-0.39, 0.29) is 6.61 Å². The molecule has 0 saturated carbocycles. The predicted molar refractivity (Wildman–Crippen MR) is 188 cm³/mol. The summed E-state index contributed by atoms with van der Waals surface area (Å²) in [5.41, 5.74) is 1.60. The van der Waals surface area contributed by atoms with Gasteiger partial charge in [-0.15, -0.1) is 0 Å². The average Bonchev–Trinajstić information content (AvgIpc) is 3.08. The van der Waals surface area contributed by atoms with Crippen LogP contribution >= 0.6 is 31.9 Å². The first-order valence-electron chi connectivity index (χ1n) is 14.5. The standard InChI is InChI=1S/C38H31Br2NO4/c1-43-30-21-19-29(20-22-30)41-36(25-15-17-28(39)18-16-25)38(37(42)44-2,34-13-7-8-14-35(34)40)45-24-33-31-11-5-3-9-26(31)23-27-10-4-6-12-32(27)33/h3-23,36,41H,24H2,1-2H3/t36-,38-/m0/s1. The van der Waals surface area contributed by atoms with Crippen molar-refractivity contribution in [1.29, 1.82) is 0 Å². The number of rotatable bonds is 10. The van der Waals surface area contributed by atoms with Gasteiger partial charge in [0.2, 0.25) is 5.60 Å². The number of carbonyl (C=O) groups excluding carboxylic acids is 1. The van der Waals surface area contributed by atoms with Crippen molar-refractivity contribution < 1.29 is 19.0 Å². The maximum absolute atomic E-state index is 14.5. The minimum atomic E-state index is -1.64. The van der Waals surface area contributed by atoms with Crippen molar-refractivity contribution in [2.24, 2.45) is 0 Å². The number of hydrogen-bond acceptors (Lipinski definition) is 5. The topological polar surface area (TPSA) is 56.8 Å². The van der Waals surface area contributed by atoms with Crippen LogP contribution in [0.15, 0.2) is 136 Å². The molecule has 0 aliphatic carbocycles. The molecule has 0 heterocycles. The summed E-state index contributed by atoms with van der Waals surface area (Å²) < 4.78 is 19.8. The molecule has 6 aromatic carbocycles. The highest BCUT2D eigenvalue weighted by molar-refractivity contribution is 9.10. The Labute approximate surface area is 279 Å². The number of anilines is 1. The van der Waals surface area contributed by atoms with Gasteiger partial charge in [-0.1, -0.05) is 111 Å². The molecule has 5 nitrogen and oxygen atoms in total. The Hall–Kier alpha value is -4.17. The molecule has 0 spiro atoms. The van der Waals surface area contributed by atoms with Crippen LogP contribution in [0, 0.1) is 0 Å². The van der Waals surface area contributed by atoms with Crippen LogP contribution in [0.25, 0.3) is 21.5 Å². The molecule has 0 bridgehead atoms. The van der Waals surface area contributed by atoms with Crippen LogP contribution in [0.1, 0.15) is 22.7 Å². The second kappa shape index (κ2) is 13.4. The highest BCUT2D eigenvalue weighted by Crippen LogP contribution is 2.46. The highest BCUT2D eigenvalue weighted by atomic mass is 79.9. The molecule has 0 aliphatic rings. The maximum Gasteiger partial charge on any atom is 0.345 e. The first-order chi connectivity index (χ1) is 21.9. The van der Waals surface area contributed by atoms with E-state index in [9.17, 15) is 4.79 Å². The summed E-state index contributed by atoms with van der Waals surface area (Å²) in [4.78, 5) is 14.5. The van der Waals surface area contributed by atoms with E-state index in [1.165, 1.54) is 7.11 Å². The van der Waals surface area contributed by atoms with E-state index in [1.54, 1.807) is 7.11 Å². The summed E-state index contributed by atoms with van der Waals surface area (Å²) in [6, 6.07) is 41.1. The third-order valence-corrected chi connectivity index (χ3v) is 9.32. The van der Waals surface area contributed by atoms with Crippen molar-refractivity contribution in [2.75, 3.05) is 19.5 Å². The predicted octanol–water partition coefficient (Wildman–Crippen LogP) is 9.97. The fourth-order valence-electron chi connectivity index (χ4n) is 5.90. The third kappa shape index (κ3) is 6.08. The summed E-state index contributed by atoms with van der Waals surface area (Å²) in [6.45, 7) is 0.135. The molecule has 7 heteroatoms. The monoisotopic (exact) mass is 723 g/mol. The third-order valence-electron chi connectivity index (χ3n) is 8.10. The van der Waals surface area contributed by atoms with Gasteiger partial charge in [0.1, 0.15) is 5.75 Å². The van der Waals surface area contributed by atoms with E-state index in [2.05, 4.69) is 67.5 Å². The summed E-state index contributed by atoms with van der Waals surface area (Å²) in [7, 11) is 3.03. The zero-order chi connectivity index (χ0) is 31.4. The van der Waals surface area contributed by atoms with Crippen molar-refractivity contribution in [2.45, 2.75) is 18.2 Å². The molecule has 226 valence electrons. The van der Waals surface area contributed by atoms with E-state index < -0.39 is 17.6 Å². The van der Waals surface area contributed by atoms with E-state index in [0.29, 0.717) is 5.56 Å². The van der Waals surface area contributed by atoms with Gasteiger partial charge in [0.15, 0.2) is 0 Å². The number of ether oxygens (including phenoxy) is 3. The minimum absolute atomic E-state index is 0.135. The molecule has 0 aliphatic heterocycles. The van der Waals surface area contributed by atoms with Crippen molar-refractivity contribution in [3.63, 3.8) is 0 Å². The molecule has 6 aromatic rings. The second-order valence-electron chi connectivity index (χ2n) is 10.7. The fourth-order valence-corrected chi connectivity index (χ4v) is 6.74. The summed E-state index contributed by atoms with van der Waals surface area (Å²) in [6.07, 6.45) is 0. The molecule has 6 rings (SSSR count). The van der Waals surface area contributed by atoms with E-state index in [1.807, 2.05) is 97.1 Å². The lowest BCUT2D eigenvalue weighted by molar-refractivity contribution is -0.177. The van der Waals surface area contributed by atoms with Gasteiger partial charge in [-0.25, -0.2) is 4.79 Å². The number of nitrogens with one attached hydrogen (secondary N) is 1. The van der Waals surface area contributed by atoms with E-state index >= 15 is 0 Å². The Bertz CT molecular complexity index is 1910. The maximum atomic E-state index is 14.5. The molecule has 1 N–H and O–H groups in total. The van der Waals surface area contributed by atoms with Gasteiger partial charge < -0.3 is 19.5 Å². The molecular weight excluding hydrogens is 694 g/mol. The molecule has 2 atom stereocenters. The fraction of sp³-hybridized carbons (Fsp3) is 0.132. The number of fused-ring (bicyclic) bond motifs is 2. The van der Waals surface area contributed by atoms with Gasteiger partial charge in [0, 0.05) is 20.2 Å². The van der Waals surface area contributed by atoms with Crippen LogP contribution in [-0.2, 0) is 26.5 Å². The number of esters is 1. The van der Waals surface area contributed by atoms with Gasteiger partial charge in [-0.05, 0) is 81.2 Å². The molecule has 0 unspecified atom stereocenters. The number of carbonyl (C=O) groups is 1. The molecule has 0 fully saturated rings. The largest absolute Gasteiger partial charge is 0.497 e. The average molecular weight is 725 g/mol. The zero-order valence-electron chi connectivity index (χ0n) is 24.8.